The van der Waals surface area contributed by atoms with Gasteiger partial charge in [0.25, 0.3) is 0 Å². The normalized spacial score (nSPS) is 18.0. The first-order valence-electron chi connectivity index (χ1n) is 7.11. The van der Waals surface area contributed by atoms with Crippen molar-refractivity contribution >= 4 is 15.9 Å². The lowest BCUT2D eigenvalue weighted by molar-refractivity contribution is 0.161. The van der Waals surface area contributed by atoms with Gasteiger partial charge in [-0.15, -0.1) is 0 Å². The van der Waals surface area contributed by atoms with Gasteiger partial charge in [0, 0.05) is 5.33 Å². The standard InChI is InChI=1S/C16H23BrO2/c1-18-14-7-3-4-8-15(14)19-12-11-16(13-17)9-5-2-6-10-16/h3-4,7-8H,2,5-6,9-13H2,1H3. The van der Waals surface area contributed by atoms with Gasteiger partial charge in [0.1, 0.15) is 0 Å². The van der Waals surface area contributed by atoms with Gasteiger partial charge in [0.05, 0.1) is 13.7 Å². The average Bonchev–Trinajstić information content (AvgIpc) is 2.49. The molecule has 0 unspecified atom stereocenters. The molecule has 0 heterocycles. The van der Waals surface area contributed by atoms with Crippen molar-refractivity contribution < 1.29 is 9.47 Å². The largest absolute Gasteiger partial charge is 0.493 e. The SMILES string of the molecule is COc1ccccc1OCCC1(CBr)CCCCC1. The number of methoxy groups -OCH3 is 1. The molecule has 1 saturated carbocycles. The molecule has 0 atom stereocenters. The van der Waals surface area contributed by atoms with Crippen LogP contribution >= 0.6 is 15.9 Å². The second-order valence-electron chi connectivity index (χ2n) is 5.44. The van der Waals surface area contributed by atoms with Gasteiger partial charge < -0.3 is 9.47 Å². The molecule has 1 aliphatic rings. The fraction of sp³-hybridized carbons (Fsp3) is 0.625. The summed E-state index contributed by atoms with van der Waals surface area (Å²) >= 11 is 3.70. The lowest BCUT2D eigenvalue weighted by atomic mass is 9.74. The quantitative estimate of drug-likeness (QED) is 0.698. The predicted octanol–water partition coefficient (Wildman–Crippen LogP) is 4.81. The minimum Gasteiger partial charge on any atom is -0.493 e. The first-order chi connectivity index (χ1) is 9.29. The summed E-state index contributed by atoms with van der Waals surface area (Å²) in [4.78, 5) is 0. The van der Waals surface area contributed by atoms with Crippen LogP contribution in [0, 0.1) is 5.41 Å². The van der Waals surface area contributed by atoms with Crippen molar-refractivity contribution in [3.63, 3.8) is 0 Å². The first-order valence-corrected chi connectivity index (χ1v) is 8.24. The fourth-order valence-electron chi connectivity index (χ4n) is 2.87. The van der Waals surface area contributed by atoms with Crippen molar-refractivity contribution in [3.8, 4) is 11.5 Å². The van der Waals surface area contributed by atoms with E-state index in [4.69, 9.17) is 9.47 Å². The van der Waals surface area contributed by atoms with Crippen LogP contribution in [0.15, 0.2) is 24.3 Å². The smallest absolute Gasteiger partial charge is 0.161 e. The van der Waals surface area contributed by atoms with Crippen LogP contribution < -0.4 is 9.47 Å². The maximum absolute atomic E-state index is 5.91. The lowest BCUT2D eigenvalue weighted by Gasteiger charge is -2.35. The van der Waals surface area contributed by atoms with Crippen LogP contribution in [0.3, 0.4) is 0 Å². The topological polar surface area (TPSA) is 18.5 Å². The van der Waals surface area contributed by atoms with Crippen molar-refractivity contribution in [1.82, 2.24) is 0 Å². The summed E-state index contributed by atoms with van der Waals surface area (Å²) in [6.07, 6.45) is 7.89. The third-order valence-corrected chi connectivity index (χ3v) is 5.35. The summed E-state index contributed by atoms with van der Waals surface area (Å²) in [6.45, 7) is 0.770. The minimum atomic E-state index is 0.445. The number of para-hydroxylation sites is 2. The van der Waals surface area contributed by atoms with E-state index in [2.05, 4.69) is 15.9 Å². The first kappa shape index (κ1) is 14.7. The molecule has 0 amide bonds. The number of benzene rings is 1. The van der Waals surface area contributed by atoms with Crippen molar-refractivity contribution in [3.05, 3.63) is 24.3 Å². The molecule has 1 aromatic carbocycles. The molecule has 19 heavy (non-hydrogen) atoms. The highest BCUT2D eigenvalue weighted by atomic mass is 79.9. The van der Waals surface area contributed by atoms with E-state index in [-0.39, 0.29) is 0 Å². The van der Waals surface area contributed by atoms with E-state index >= 15 is 0 Å². The summed E-state index contributed by atoms with van der Waals surface area (Å²) in [6, 6.07) is 7.86. The van der Waals surface area contributed by atoms with E-state index in [1.54, 1.807) is 7.11 Å². The molecule has 106 valence electrons. The monoisotopic (exact) mass is 326 g/mol. The Kier molecular flexibility index (Phi) is 5.56. The van der Waals surface area contributed by atoms with E-state index in [1.807, 2.05) is 24.3 Å². The summed E-state index contributed by atoms with van der Waals surface area (Å²) < 4.78 is 11.2. The number of ether oxygens (including phenoxy) is 2. The zero-order valence-electron chi connectivity index (χ0n) is 11.7. The number of alkyl halides is 1. The molecular formula is C16H23BrO2. The number of hydrogen-bond acceptors (Lipinski definition) is 2. The molecule has 0 aromatic heterocycles. The van der Waals surface area contributed by atoms with Crippen LogP contribution in [0.25, 0.3) is 0 Å². The number of halogens is 1. The van der Waals surface area contributed by atoms with Crippen molar-refractivity contribution in [2.24, 2.45) is 5.41 Å². The van der Waals surface area contributed by atoms with E-state index in [1.165, 1.54) is 32.1 Å². The summed E-state index contributed by atoms with van der Waals surface area (Å²) in [5.74, 6) is 1.67. The molecule has 0 bridgehead atoms. The Balaban J connectivity index is 1.88. The molecule has 1 fully saturated rings. The lowest BCUT2D eigenvalue weighted by Crippen LogP contribution is -2.28. The number of rotatable bonds is 6. The molecule has 0 radical (unpaired) electrons. The van der Waals surface area contributed by atoms with Crippen LogP contribution in [0.4, 0.5) is 0 Å². The van der Waals surface area contributed by atoms with Crippen molar-refractivity contribution in [2.75, 3.05) is 19.0 Å². The van der Waals surface area contributed by atoms with Crippen molar-refractivity contribution in [1.29, 1.82) is 0 Å². The number of hydrogen-bond donors (Lipinski definition) is 0. The highest BCUT2D eigenvalue weighted by molar-refractivity contribution is 9.09. The molecule has 0 saturated heterocycles. The molecule has 0 spiro atoms. The predicted molar refractivity (Wildman–Crippen MR) is 82.4 cm³/mol. The second kappa shape index (κ2) is 7.18. The molecule has 0 aliphatic heterocycles. The molecule has 1 aromatic rings. The van der Waals surface area contributed by atoms with Crippen LogP contribution in [0.5, 0.6) is 11.5 Å². The average molecular weight is 327 g/mol. The third-order valence-electron chi connectivity index (χ3n) is 4.16. The Morgan fingerprint density at radius 2 is 1.79 bits per heavy atom. The Morgan fingerprint density at radius 1 is 1.11 bits per heavy atom. The van der Waals surface area contributed by atoms with Gasteiger partial charge >= 0.3 is 0 Å². The Bertz CT molecular complexity index is 386. The van der Waals surface area contributed by atoms with Gasteiger partial charge in [-0.25, -0.2) is 0 Å². The highest BCUT2D eigenvalue weighted by Crippen LogP contribution is 2.41. The summed E-state index contributed by atoms with van der Waals surface area (Å²) in [7, 11) is 1.68. The summed E-state index contributed by atoms with van der Waals surface area (Å²) in [5, 5.41) is 1.09. The van der Waals surface area contributed by atoms with E-state index in [0.717, 1.165) is 29.9 Å². The van der Waals surface area contributed by atoms with Gasteiger partial charge in [0.2, 0.25) is 0 Å². The maximum Gasteiger partial charge on any atom is 0.161 e. The molecular weight excluding hydrogens is 304 g/mol. The zero-order chi connectivity index (χ0) is 13.6. The van der Waals surface area contributed by atoms with E-state index < -0.39 is 0 Å². The Labute approximate surface area is 124 Å². The van der Waals surface area contributed by atoms with Gasteiger partial charge in [-0.3, -0.25) is 0 Å². The molecule has 1 aliphatic carbocycles. The van der Waals surface area contributed by atoms with Crippen LogP contribution in [-0.4, -0.2) is 19.0 Å². The van der Waals surface area contributed by atoms with Gasteiger partial charge in [-0.1, -0.05) is 47.3 Å². The second-order valence-corrected chi connectivity index (χ2v) is 6.00. The van der Waals surface area contributed by atoms with Gasteiger partial charge in [-0.05, 0) is 36.8 Å². The van der Waals surface area contributed by atoms with Crippen LogP contribution in [-0.2, 0) is 0 Å². The molecule has 3 heteroatoms. The van der Waals surface area contributed by atoms with Gasteiger partial charge in [0.15, 0.2) is 11.5 Å². The van der Waals surface area contributed by atoms with Crippen LogP contribution in [0.2, 0.25) is 0 Å². The van der Waals surface area contributed by atoms with Gasteiger partial charge in [-0.2, -0.15) is 0 Å². The summed E-state index contributed by atoms with van der Waals surface area (Å²) in [5.41, 5.74) is 0.445. The maximum atomic E-state index is 5.91. The highest BCUT2D eigenvalue weighted by Gasteiger charge is 2.30. The fourth-order valence-corrected chi connectivity index (χ4v) is 3.71. The molecule has 2 rings (SSSR count). The molecule has 0 N–H and O–H groups in total. The van der Waals surface area contributed by atoms with E-state index in [0.29, 0.717) is 5.41 Å². The minimum absolute atomic E-state index is 0.445. The Morgan fingerprint density at radius 3 is 2.42 bits per heavy atom. The Hall–Kier alpha value is -0.700. The molecule has 2 nitrogen and oxygen atoms in total. The van der Waals surface area contributed by atoms with E-state index in [9.17, 15) is 0 Å². The van der Waals surface area contributed by atoms with Crippen molar-refractivity contribution in [2.45, 2.75) is 38.5 Å². The third kappa shape index (κ3) is 3.88. The zero-order valence-corrected chi connectivity index (χ0v) is 13.2. The van der Waals surface area contributed by atoms with Crippen LogP contribution in [0.1, 0.15) is 38.5 Å².